The highest BCUT2D eigenvalue weighted by Gasteiger charge is 2.30. The molecule has 0 bridgehead atoms. The minimum atomic E-state index is 0.539. The average molecular weight is 389 g/mol. The molecule has 0 aromatic carbocycles. The van der Waals surface area contributed by atoms with Crippen LogP contribution < -0.4 is 0 Å². The maximum atomic E-state index is 6.23. The van der Waals surface area contributed by atoms with Crippen LogP contribution in [0.3, 0.4) is 0 Å². The Morgan fingerprint density at radius 2 is 1.14 bits per heavy atom. The van der Waals surface area contributed by atoms with Crippen molar-refractivity contribution in [2.24, 2.45) is 29.6 Å². The molecule has 0 N–H and O–H groups in total. The summed E-state index contributed by atoms with van der Waals surface area (Å²) < 4.78 is 6.23. The van der Waals surface area contributed by atoms with Gasteiger partial charge >= 0.3 is 0 Å². The van der Waals surface area contributed by atoms with Crippen LogP contribution in [-0.4, -0.2) is 12.7 Å². The summed E-state index contributed by atoms with van der Waals surface area (Å²) in [5.41, 5.74) is 0. The molecule has 0 atom stereocenters. The smallest absolute Gasteiger partial charge is 0.0651 e. The molecule has 0 saturated heterocycles. The summed E-state index contributed by atoms with van der Waals surface area (Å²) in [5.74, 6) is 4.94. The molecule has 28 heavy (non-hydrogen) atoms. The van der Waals surface area contributed by atoms with E-state index in [9.17, 15) is 0 Å². The summed E-state index contributed by atoms with van der Waals surface area (Å²) in [4.78, 5) is 0. The Bertz CT molecular complexity index is 418. The third kappa shape index (κ3) is 7.19. The predicted molar refractivity (Wildman–Crippen MR) is 122 cm³/mol. The first-order valence-electron chi connectivity index (χ1n) is 13.1. The Morgan fingerprint density at radius 1 is 0.643 bits per heavy atom. The van der Waals surface area contributed by atoms with Gasteiger partial charge in [-0.1, -0.05) is 64.5 Å². The highest BCUT2D eigenvalue weighted by Crippen LogP contribution is 2.41. The van der Waals surface area contributed by atoms with Gasteiger partial charge in [-0.3, -0.25) is 0 Å². The van der Waals surface area contributed by atoms with E-state index in [-0.39, 0.29) is 0 Å². The van der Waals surface area contributed by atoms with E-state index < -0.39 is 0 Å². The van der Waals surface area contributed by atoms with Gasteiger partial charge in [-0.05, 0) is 93.8 Å². The van der Waals surface area contributed by atoms with Gasteiger partial charge in [0.1, 0.15) is 0 Å². The third-order valence-corrected chi connectivity index (χ3v) is 8.40. The van der Waals surface area contributed by atoms with Gasteiger partial charge in [-0.25, -0.2) is 0 Å². The first-order valence-corrected chi connectivity index (χ1v) is 13.1. The van der Waals surface area contributed by atoms with E-state index in [2.05, 4.69) is 26.0 Å². The second-order valence-corrected chi connectivity index (χ2v) is 10.4. The van der Waals surface area contributed by atoms with Gasteiger partial charge < -0.3 is 4.74 Å². The summed E-state index contributed by atoms with van der Waals surface area (Å²) in [6, 6.07) is 0. The summed E-state index contributed by atoms with van der Waals surface area (Å²) in [6.45, 7) is 5.53. The second kappa shape index (κ2) is 12.4. The van der Waals surface area contributed by atoms with Crippen molar-refractivity contribution < 1.29 is 4.74 Å². The highest BCUT2D eigenvalue weighted by atomic mass is 16.5. The number of hydrogen-bond acceptors (Lipinski definition) is 1. The average Bonchev–Trinajstić information content (AvgIpc) is 2.74. The summed E-state index contributed by atoms with van der Waals surface area (Å²) in [6.07, 6.45) is 28.3. The van der Waals surface area contributed by atoms with Crippen molar-refractivity contribution in [2.75, 3.05) is 6.61 Å². The zero-order valence-electron chi connectivity index (χ0n) is 19.0. The Kier molecular flexibility index (Phi) is 9.92. The predicted octanol–water partition coefficient (Wildman–Crippen LogP) is 8.33. The second-order valence-electron chi connectivity index (χ2n) is 10.4. The van der Waals surface area contributed by atoms with E-state index in [0.717, 1.165) is 36.2 Å². The lowest BCUT2D eigenvalue weighted by atomic mass is 9.70. The standard InChI is InChI=1S/C27H48O/c1-3-6-22-9-11-24(12-10-22)8-5-21-28-27-19-17-26(18-20-27)25-15-13-23(7-4-2)14-16-25/h5,8,22-27H,3-4,6-7,9-21H2,1-2H3. The zero-order chi connectivity index (χ0) is 19.6. The van der Waals surface area contributed by atoms with Gasteiger partial charge in [0.25, 0.3) is 0 Å². The van der Waals surface area contributed by atoms with Crippen LogP contribution >= 0.6 is 0 Å². The van der Waals surface area contributed by atoms with Gasteiger partial charge in [-0.15, -0.1) is 0 Å². The van der Waals surface area contributed by atoms with Crippen LogP contribution in [0.2, 0.25) is 0 Å². The van der Waals surface area contributed by atoms with Gasteiger partial charge in [0, 0.05) is 0 Å². The Morgan fingerprint density at radius 3 is 1.68 bits per heavy atom. The maximum absolute atomic E-state index is 6.23. The first-order chi connectivity index (χ1) is 13.8. The SMILES string of the molecule is CCCC1CCC(C=CCOC2CCC(C3CCC(CCC)CC3)CC2)CC1. The van der Waals surface area contributed by atoms with Crippen molar-refractivity contribution >= 4 is 0 Å². The van der Waals surface area contributed by atoms with Crippen molar-refractivity contribution in [1.29, 1.82) is 0 Å². The molecule has 162 valence electrons. The van der Waals surface area contributed by atoms with Crippen molar-refractivity contribution in [1.82, 2.24) is 0 Å². The quantitative estimate of drug-likeness (QED) is 0.361. The number of hydrogen-bond donors (Lipinski definition) is 0. The lowest BCUT2D eigenvalue weighted by Gasteiger charge is -2.37. The first kappa shape index (κ1) is 22.4. The molecule has 0 aromatic rings. The minimum absolute atomic E-state index is 0.539. The summed E-state index contributed by atoms with van der Waals surface area (Å²) in [5, 5.41) is 0. The Balaban J connectivity index is 1.25. The molecular formula is C27H48O. The largest absolute Gasteiger partial charge is 0.374 e. The van der Waals surface area contributed by atoms with Crippen LogP contribution in [0.15, 0.2) is 12.2 Å². The molecular weight excluding hydrogens is 340 g/mol. The van der Waals surface area contributed by atoms with E-state index in [0.29, 0.717) is 6.10 Å². The van der Waals surface area contributed by atoms with Crippen molar-refractivity contribution in [3.8, 4) is 0 Å². The molecule has 0 aliphatic heterocycles. The third-order valence-electron chi connectivity index (χ3n) is 8.40. The molecule has 0 spiro atoms. The Hall–Kier alpha value is -0.300. The molecule has 3 saturated carbocycles. The highest BCUT2D eigenvalue weighted by molar-refractivity contribution is 4.91. The monoisotopic (exact) mass is 388 g/mol. The zero-order valence-corrected chi connectivity index (χ0v) is 19.0. The molecule has 0 heterocycles. The fraction of sp³-hybridized carbons (Fsp3) is 0.926. The van der Waals surface area contributed by atoms with E-state index in [4.69, 9.17) is 4.74 Å². The van der Waals surface area contributed by atoms with Crippen molar-refractivity contribution in [3.05, 3.63) is 12.2 Å². The van der Waals surface area contributed by atoms with Crippen molar-refractivity contribution in [2.45, 2.75) is 123 Å². The summed E-state index contributed by atoms with van der Waals surface area (Å²) >= 11 is 0. The van der Waals surface area contributed by atoms with Crippen LogP contribution in [0.1, 0.15) is 117 Å². The van der Waals surface area contributed by atoms with Gasteiger partial charge in [-0.2, -0.15) is 0 Å². The molecule has 1 nitrogen and oxygen atoms in total. The molecule has 1 heteroatoms. The lowest BCUT2D eigenvalue weighted by Crippen LogP contribution is -2.28. The van der Waals surface area contributed by atoms with Crippen LogP contribution in [0.4, 0.5) is 0 Å². The normalized spacial score (nSPS) is 37.4. The van der Waals surface area contributed by atoms with E-state index in [1.54, 1.807) is 0 Å². The minimum Gasteiger partial charge on any atom is -0.374 e. The van der Waals surface area contributed by atoms with Crippen molar-refractivity contribution in [3.63, 3.8) is 0 Å². The number of allylic oxidation sites excluding steroid dienone is 1. The molecule has 3 fully saturated rings. The van der Waals surface area contributed by atoms with E-state index in [1.807, 2.05) is 0 Å². The van der Waals surface area contributed by atoms with Gasteiger partial charge in [0.15, 0.2) is 0 Å². The molecule has 3 rings (SSSR count). The lowest BCUT2D eigenvalue weighted by molar-refractivity contribution is 0.0208. The molecule has 0 unspecified atom stereocenters. The van der Waals surface area contributed by atoms with Gasteiger partial charge in [0.05, 0.1) is 12.7 Å². The van der Waals surface area contributed by atoms with Crippen LogP contribution in [0.5, 0.6) is 0 Å². The molecule has 3 aliphatic rings. The fourth-order valence-electron chi connectivity index (χ4n) is 6.60. The number of ether oxygens (including phenoxy) is 1. The molecule has 0 aromatic heterocycles. The van der Waals surface area contributed by atoms with Gasteiger partial charge in [0.2, 0.25) is 0 Å². The van der Waals surface area contributed by atoms with Crippen LogP contribution in [-0.2, 0) is 4.74 Å². The van der Waals surface area contributed by atoms with Crippen LogP contribution in [0.25, 0.3) is 0 Å². The maximum Gasteiger partial charge on any atom is 0.0651 e. The van der Waals surface area contributed by atoms with Crippen LogP contribution in [0, 0.1) is 29.6 Å². The summed E-state index contributed by atoms with van der Waals surface area (Å²) in [7, 11) is 0. The van der Waals surface area contributed by atoms with E-state index >= 15 is 0 Å². The number of rotatable bonds is 9. The molecule has 0 radical (unpaired) electrons. The Labute approximate surface area is 176 Å². The molecule has 0 amide bonds. The van der Waals surface area contributed by atoms with E-state index in [1.165, 1.54) is 103 Å². The molecule has 3 aliphatic carbocycles. The fourth-order valence-corrected chi connectivity index (χ4v) is 6.60. The topological polar surface area (TPSA) is 9.23 Å².